The van der Waals surface area contributed by atoms with E-state index in [1.807, 2.05) is 0 Å². The number of ether oxygens (including phenoxy) is 1. The van der Waals surface area contributed by atoms with E-state index >= 15 is 0 Å². The minimum absolute atomic E-state index is 0.00984. The number of rotatable bonds is 5. The van der Waals surface area contributed by atoms with Gasteiger partial charge in [0, 0.05) is 7.11 Å². The molecule has 0 amide bonds. The molecular formula is C15H12Cl2F3N5O2S. The second-order valence-electron chi connectivity index (χ2n) is 5.37. The lowest BCUT2D eigenvalue weighted by molar-refractivity contribution is -0.137. The molecule has 3 rings (SSSR count). The first kappa shape index (κ1) is 20.8. The zero-order valence-corrected chi connectivity index (χ0v) is 16.7. The molecular weight excluding hydrogens is 442 g/mol. The van der Waals surface area contributed by atoms with Crippen LogP contribution in [-0.4, -0.2) is 36.1 Å². The van der Waals surface area contributed by atoms with Crippen molar-refractivity contribution in [3.05, 3.63) is 44.9 Å². The first-order valence-electron chi connectivity index (χ1n) is 7.41. The van der Waals surface area contributed by atoms with Gasteiger partial charge in [-0.05, 0) is 25.1 Å². The number of aromatic nitrogens is 2. The van der Waals surface area contributed by atoms with E-state index in [1.54, 1.807) is 6.26 Å². The first-order valence-corrected chi connectivity index (χ1v) is 9.39. The highest BCUT2D eigenvalue weighted by molar-refractivity contribution is 8.02. The Morgan fingerprint density at radius 1 is 1.36 bits per heavy atom. The number of hydrogen-bond acceptors (Lipinski definition) is 8. The van der Waals surface area contributed by atoms with Gasteiger partial charge in [0.2, 0.25) is 12.2 Å². The number of nitrogens with zero attached hydrogens (tertiary/aromatic N) is 4. The average molecular weight is 454 g/mol. The molecule has 0 saturated heterocycles. The molecule has 0 bridgehead atoms. The van der Waals surface area contributed by atoms with E-state index in [0.717, 1.165) is 18.5 Å². The van der Waals surface area contributed by atoms with Crippen LogP contribution in [-0.2, 0) is 10.9 Å². The van der Waals surface area contributed by atoms with Crippen LogP contribution < -0.4 is 10.4 Å². The molecule has 1 aliphatic rings. The third-order valence-corrected chi connectivity index (χ3v) is 5.36. The number of halogens is 5. The Morgan fingerprint density at radius 3 is 2.43 bits per heavy atom. The van der Waals surface area contributed by atoms with Gasteiger partial charge in [0.15, 0.2) is 0 Å². The number of aliphatic imine (C=N–C) groups is 1. The molecule has 13 heteroatoms. The molecule has 1 atom stereocenters. The third-order valence-electron chi connectivity index (χ3n) is 3.91. The molecule has 0 spiro atoms. The van der Waals surface area contributed by atoms with Gasteiger partial charge in [-0.2, -0.15) is 18.2 Å². The van der Waals surface area contributed by atoms with Crippen LogP contribution in [0, 0.1) is 0 Å². The van der Waals surface area contributed by atoms with Gasteiger partial charge in [-0.25, -0.2) is 10.0 Å². The summed E-state index contributed by atoms with van der Waals surface area (Å²) in [6, 6.07) is 1.53. The molecule has 2 heterocycles. The molecule has 0 saturated carbocycles. The van der Waals surface area contributed by atoms with E-state index in [1.165, 1.54) is 23.9 Å². The van der Waals surface area contributed by atoms with Gasteiger partial charge < -0.3 is 9.26 Å². The van der Waals surface area contributed by atoms with E-state index in [2.05, 4.69) is 27.3 Å². The number of alkyl halides is 3. The maximum absolute atomic E-state index is 13.1. The van der Waals surface area contributed by atoms with E-state index in [4.69, 9.17) is 32.5 Å². The zero-order valence-electron chi connectivity index (χ0n) is 14.3. The normalized spacial score (nSPS) is 19.9. The molecule has 1 aromatic heterocycles. The molecule has 1 aromatic carbocycles. The largest absolute Gasteiger partial charge is 0.416 e. The molecule has 2 aromatic rings. The summed E-state index contributed by atoms with van der Waals surface area (Å²) in [7, 11) is 1.35. The summed E-state index contributed by atoms with van der Waals surface area (Å²) in [5.41, 5.74) is 2.31. The highest BCUT2D eigenvalue weighted by Crippen LogP contribution is 2.49. The summed E-state index contributed by atoms with van der Waals surface area (Å²) in [6.07, 6.45) is -1.74. The fourth-order valence-electron chi connectivity index (χ4n) is 2.71. The zero-order chi connectivity index (χ0) is 20.7. The predicted octanol–water partition coefficient (Wildman–Crippen LogP) is 4.45. The summed E-state index contributed by atoms with van der Waals surface area (Å²) >= 11 is 13.6. The van der Waals surface area contributed by atoms with Gasteiger partial charge in [-0.3, -0.25) is 5.43 Å². The first-order chi connectivity index (χ1) is 13.2. The Kier molecular flexibility index (Phi) is 5.54. The van der Waals surface area contributed by atoms with Crippen molar-refractivity contribution in [2.45, 2.75) is 12.0 Å². The topological polar surface area (TPSA) is 75.8 Å². The van der Waals surface area contributed by atoms with Crippen LogP contribution in [0.1, 0.15) is 11.4 Å². The average Bonchev–Trinajstić information content (AvgIpc) is 3.26. The lowest BCUT2D eigenvalue weighted by Gasteiger charge is -2.36. The third kappa shape index (κ3) is 3.21. The molecule has 1 unspecified atom stereocenters. The van der Waals surface area contributed by atoms with E-state index in [0.29, 0.717) is 10.6 Å². The van der Waals surface area contributed by atoms with Crippen LogP contribution in [0.15, 0.2) is 32.9 Å². The van der Waals surface area contributed by atoms with E-state index < -0.39 is 17.6 Å². The number of hydrogen-bond donors (Lipinski definition) is 1. The van der Waals surface area contributed by atoms with Crippen molar-refractivity contribution >= 4 is 53.1 Å². The number of benzene rings is 1. The number of thioether (sulfide) groups is 1. The molecule has 150 valence electrons. The number of methoxy groups -OCH3 is 1. The monoisotopic (exact) mass is 453 g/mol. The van der Waals surface area contributed by atoms with Gasteiger partial charge in [-0.15, -0.1) is 11.8 Å². The van der Waals surface area contributed by atoms with Crippen LogP contribution >= 0.6 is 35.0 Å². The molecule has 1 N–H and O–H groups in total. The molecule has 28 heavy (non-hydrogen) atoms. The number of nitrogens with one attached hydrogen (secondary N) is 1. The van der Waals surface area contributed by atoms with Crippen LogP contribution in [0.4, 0.5) is 18.9 Å². The SMILES string of the molecule is C=NC1(OC)C(SC)=C(c2ncon2)NN1c1c(Cl)cc(C(F)(F)F)cc1Cl. The van der Waals surface area contributed by atoms with Crippen LogP contribution in [0.3, 0.4) is 0 Å². The van der Waals surface area contributed by atoms with E-state index in [9.17, 15) is 13.2 Å². The Labute approximate surface area is 171 Å². The fourth-order valence-corrected chi connectivity index (χ4v) is 4.21. The van der Waals surface area contributed by atoms with Crippen molar-refractivity contribution in [3.8, 4) is 0 Å². The molecule has 0 fully saturated rings. The molecule has 1 aliphatic heterocycles. The second kappa shape index (κ2) is 7.47. The van der Waals surface area contributed by atoms with Crippen molar-refractivity contribution in [2.75, 3.05) is 18.4 Å². The quantitative estimate of drug-likeness (QED) is 0.669. The van der Waals surface area contributed by atoms with Crippen molar-refractivity contribution in [1.29, 1.82) is 0 Å². The van der Waals surface area contributed by atoms with Crippen molar-refractivity contribution in [3.63, 3.8) is 0 Å². The van der Waals surface area contributed by atoms with Crippen molar-refractivity contribution < 1.29 is 22.4 Å². The van der Waals surface area contributed by atoms with Gasteiger partial charge in [0.25, 0.3) is 5.85 Å². The summed E-state index contributed by atoms with van der Waals surface area (Å²) in [6.45, 7) is 3.56. The van der Waals surface area contributed by atoms with E-state index in [-0.39, 0.29) is 21.6 Å². The Bertz CT molecular complexity index is 915. The fraction of sp³-hybridized carbons (Fsp3) is 0.267. The lowest BCUT2D eigenvalue weighted by Crippen LogP contribution is -2.51. The molecule has 0 radical (unpaired) electrons. The highest BCUT2D eigenvalue weighted by atomic mass is 35.5. The highest BCUT2D eigenvalue weighted by Gasteiger charge is 2.51. The summed E-state index contributed by atoms with van der Waals surface area (Å²) in [5, 5.41) is 4.50. The van der Waals surface area contributed by atoms with Crippen LogP contribution in [0.25, 0.3) is 5.70 Å². The van der Waals surface area contributed by atoms with Gasteiger partial charge >= 0.3 is 6.18 Å². The Balaban J connectivity index is 2.19. The Morgan fingerprint density at radius 2 is 2.00 bits per heavy atom. The summed E-state index contributed by atoms with van der Waals surface area (Å²) < 4.78 is 49.6. The summed E-state index contributed by atoms with van der Waals surface area (Å²) in [4.78, 5) is 8.50. The predicted molar refractivity (Wildman–Crippen MR) is 101 cm³/mol. The molecule has 7 nitrogen and oxygen atoms in total. The lowest BCUT2D eigenvalue weighted by atomic mass is 10.2. The minimum atomic E-state index is -4.61. The second-order valence-corrected chi connectivity index (χ2v) is 7.00. The van der Waals surface area contributed by atoms with Crippen LogP contribution in [0.2, 0.25) is 10.0 Å². The van der Waals surface area contributed by atoms with Crippen molar-refractivity contribution in [2.24, 2.45) is 4.99 Å². The van der Waals surface area contributed by atoms with Gasteiger partial charge in [0.1, 0.15) is 11.4 Å². The Hall–Kier alpha value is -1.95. The number of anilines is 1. The molecule has 0 aliphatic carbocycles. The maximum Gasteiger partial charge on any atom is 0.416 e. The summed E-state index contributed by atoms with van der Waals surface area (Å²) in [5.74, 6) is -1.40. The van der Waals surface area contributed by atoms with Gasteiger partial charge in [0.05, 0.1) is 20.5 Å². The standard InChI is InChI=1S/C15H12Cl2F3N5O2S/c1-21-15(26-2)12(28-3)10(13-22-6-27-24-13)23-25(15)11-8(16)4-7(5-9(11)17)14(18,19)20/h4-6,23H,1H2,2-3H3. The van der Waals surface area contributed by atoms with Crippen molar-refractivity contribution in [1.82, 2.24) is 15.6 Å². The van der Waals surface area contributed by atoms with Gasteiger partial charge in [-0.1, -0.05) is 28.4 Å². The minimum Gasteiger partial charge on any atom is -0.342 e. The van der Waals surface area contributed by atoms with Crippen LogP contribution in [0.5, 0.6) is 0 Å². The number of hydrazine groups is 1. The smallest absolute Gasteiger partial charge is 0.342 e. The maximum atomic E-state index is 13.1.